The maximum atomic E-state index is 13.3. The summed E-state index contributed by atoms with van der Waals surface area (Å²) in [6, 6.07) is 8.38. The molecule has 34 heavy (non-hydrogen) atoms. The summed E-state index contributed by atoms with van der Waals surface area (Å²) in [5, 5.41) is 2.76. The van der Waals surface area contributed by atoms with Crippen molar-refractivity contribution in [2.75, 3.05) is 31.5 Å². The minimum atomic E-state index is -4.80. The van der Waals surface area contributed by atoms with Crippen LogP contribution in [0.15, 0.2) is 52.2 Å². The highest BCUT2D eigenvalue weighted by Crippen LogP contribution is 2.35. The number of hydrogen-bond acceptors (Lipinski definition) is 5. The minimum Gasteiger partial charge on any atom is -0.325 e. The first-order valence-electron chi connectivity index (χ1n) is 10.4. The van der Waals surface area contributed by atoms with Gasteiger partial charge >= 0.3 is 11.9 Å². The van der Waals surface area contributed by atoms with Crippen LogP contribution >= 0.6 is 0 Å². The van der Waals surface area contributed by atoms with Crippen LogP contribution in [0.5, 0.6) is 0 Å². The summed E-state index contributed by atoms with van der Waals surface area (Å²) >= 11 is 0. The summed E-state index contributed by atoms with van der Waals surface area (Å²) in [5.74, 6) is -0.337. The van der Waals surface area contributed by atoms with Crippen molar-refractivity contribution in [3.63, 3.8) is 0 Å². The number of carbonyl (C=O) groups is 1. The zero-order valence-corrected chi connectivity index (χ0v) is 18.8. The van der Waals surface area contributed by atoms with Crippen LogP contribution in [0.3, 0.4) is 0 Å². The van der Waals surface area contributed by atoms with Crippen molar-refractivity contribution in [3.8, 4) is 0 Å². The predicted octanol–water partition coefficient (Wildman–Crippen LogP) is 2.21. The third-order valence-corrected chi connectivity index (χ3v) is 7.75. The molecule has 1 aliphatic rings. The lowest BCUT2D eigenvalue weighted by Crippen LogP contribution is -2.54. The number of amides is 1. The predicted molar refractivity (Wildman–Crippen MR) is 119 cm³/mol. The Kier molecular flexibility index (Phi) is 6.27. The van der Waals surface area contributed by atoms with E-state index >= 15 is 0 Å². The highest BCUT2D eigenvalue weighted by atomic mass is 32.2. The Morgan fingerprint density at radius 2 is 1.68 bits per heavy atom. The van der Waals surface area contributed by atoms with Crippen molar-refractivity contribution < 1.29 is 26.4 Å². The monoisotopic (exact) mass is 497 g/mol. The number of rotatable bonds is 5. The number of H-pyrrole nitrogens is 2. The molecule has 0 aliphatic carbocycles. The van der Waals surface area contributed by atoms with Crippen LogP contribution in [-0.2, 0) is 21.0 Å². The van der Waals surface area contributed by atoms with Gasteiger partial charge in [0, 0.05) is 31.9 Å². The maximum absolute atomic E-state index is 13.3. The zero-order chi connectivity index (χ0) is 24.7. The van der Waals surface area contributed by atoms with E-state index < -0.39 is 32.7 Å². The molecule has 0 bridgehead atoms. The molecule has 0 spiro atoms. The molecule has 9 nitrogen and oxygen atoms in total. The molecule has 1 amide bonds. The minimum absolute atomic E-state index is 0.0529. The van der Waals surface area contributed by atoms with Crippen molar-refractivity contribution >= 4 is 32.7 Å². The Bertz CT molecular complexity index is 1370. The van der Waals surface area contributed by atoms with E-state index in [-0.39, 0.29) is 37.8 Å². The molecule has 1 aromatic heterocycles. The van der Waals surface area contributed by atoms with Crippen LogP contribution in [-0.4, -0.2) is 65.7 Å². The number of aromatic nitrogens is 2. The first kappa shape index (κ1) is 24.0. The molecule has 0 saturated carbocycles. The number of nitrogens with zero attached hydrogens (tertiary/aromatic N) is 2. The lowest BCUT2D eigenvalue weighted by Gasteiger charge is -2.37. The van der Waals surface area contributed by atoms with E-state index in [1.54, 1.807) is 30.0 Å². The summed E-state index contributed by atoms with van der Waals surface area (Å²) in [4.78, 5) is 30.3. The van der Waals surface area contributed by atoms with Gasteiger partial charge in [-0.3, -0.25) is 9.69 Å². The van der Waals surface area contributed by atoms with Crippen LogP contribution in [0.1, 0.15) is 12.5 Å². The quantitative estimate of drug-likeness (QED) is 0.500. The smallest absolute Gasteiger partial charge is 0.325 e. The number of imidazole rings is 1. The number of halogens is 3. The highest BCUT2D eigenvalue weighted by molar-refractivity contribution is 7.89. The second-order valence-electron chi connectivity index (χ2n) is 7.94. The Balaban J connectivity index is 1.42. The molecule has 1 unspecified atom stereocenters. The average molecular weight is 497 g/mol. The molecule has 1 atom stereocenters. The molecule has 4 rings (SSSR count). The summed E-state index contributed by atoms with van der Waals surface area (Å²) in [6.07, 6.45) is -4.80. The number of fused-ring (bicyclic) bond motifs is 1. The fourth-order valence-corrected chi connectivity index (χ4v) is 5.55. The van der Waals surface area contributed by atoms with Crippen LogP contribution in [0.25, 0.3) is 11.0 Å². The number of benzene rings is 2. The van der Waals surface area contributed by atoms with Crippen LogP contribution in [0.4, 0.5) is 18.9 Å². The molecule has 3 N–H and O–H groups in total. The van der Waals surface area contributed by atoms with Crippen molar-refractivity contribution in [2.45, 2.75) is 24.0 Å². The number of alkyl halides is 3. The molecule has 13 heteroatoms. The van der Waals surface area contributed by atoms with Crippen molar-refractivity contribution in [1.82, 2.24) is 19.2 Å². The topological polar surface area (TPSA) is 118 Å². The fourth-order valence-electron chi connectivity index (χ4n) is 3.92. The van der Waals surface area contributed by atoms with E-state index in [2.05, 4.69) is 15.3 Å². The Labute approximate surface area is 192 Å². The molecule has 182 valence electrons. The molecular formula is C21H22F3N5O4S. The van der Waals surface area contributed by atoms with Gasteiger partial charge in [-0.25, -0.2) is 13.2 Å². The Morgan fingerprint density at radius 1 is 1.03 bits per heavy atom. The summed E-state index contributed by atoms with van der Waals surface area (Å²) in [6.45, 7) is 1.90. The highest BCUT2D eigenvalue weighted by Gasteiger charge is 2.40. The number of nitrogens with one attached hydrogen (secondary N) is 3. The van der Waals surface area contributed by atoms with Gasteiger partial charge in [-0.2, -0.15) is 17.5 Å². The Hall–Kier alpha value is -3.16. The molecule has 2 heterocycles. The number of hydrogen-bond donors (Lipinski definition) is 3. The zero-order valence-electron chi connectivity index (χ0n) is 18.0. The number of piperazine rings is 1. The molecule has 0 radical (unpaired) electrons. The third kappa shape index (κ3) is 4.72. The van der Waals surface area contributed by atoms with E-state index in [1.165, 1.54) is 6.07 Å². The fraction of sp³-hybridized carbons (Fsp3) is 0.333. The summed E-state index contributed by atoms with van der Waals surface area (Å²) in [7, 11) is -4.36. The van der Waals surface area contributed by atoms with Crippen molar-refractivity contribution in [1.29, 1.82) is 0 Å². The molecular weight excluding hydrogens is 475 g/mol. The van der Waals surface area contributed by atoms with E-state index in [0.29, 0.717) is 16.7 Å². The molecule has 1 fully saturated rings. The first-order chi connectivity index (χ1) is 16.0. The van der Waals surface area contributed by atoms with Gasteiger partial charge < -0.3 is 15.3 Å². The molecule has 1 aliphatic heterocycles. The average Bonchev–Trinajstić information content (AvgIpc) is 3.17. The van der Waals surface area contributed by atoms with Gasteiger partial charge in [-0.1, -0.05) is 12.1 Å². The first-order valence-corrected chi connectivity index (χ1v) is 11.8. The van der Waals surface area contributed by atoms with E-state index in [9.17, 15) is 31.2 Å². The molecule has 1 saturated heterocycles. The van der Waals surface area contributed by atoms with Gasteiger partial charge in [-0.15, -0.1) is 0 Å². The van der Waals surface area contributed by atoms with Crippen LogP contribution < -0.4 is 11.0 Å². The number of sulfonamides is 1. The number of anilines is 1. The second-order valence-corrected chi connectivity index (χ2v) is 9.85. The number of carbonyl (C=O) groups excluding carboxylic acids is 1. The normalized spacial score (nSPS) is 17.1. The SMILES string of the molecule is CC(C(=O)Nc1ccc2[nH]c(=O)[nH]c2c1)N1CCN(S(=O)(=O)c2ccccc2C(F)(F)F)CC1. The Morgan fingerprint density at radius 3 is 2.35 bits per heavy atom. The van der Waals surface area contributed by atoms with E-state index in [4.69, 9.17) is 0 Å². The van der Waals surface area contributed by atoms with Gasteiger partial charge in [0.05, 0.1) is 27.5 Å². The third-order valence-electron chi connectivity index (χ3n) is 5.79. The van der Waals surface area contributed by atoms with Gasteiger partial charge in [0.15, 0.2) is 0 Å². The van der Waals surface area contributed by atoms with Crippen molar-refractivity contribution in [2.24, 2.45) is 0 Å². The summed E-state index contributed by atoms with van der Waals surface area (Å²) in [5.41, 5.74) is 0.0434. The standard InChI is InChI=1S/C21H22F3N5O4S/c1-13(19(30)25-14-6-7-16-17(12-14)27-20(31)26-16)28-8-10-29(11-9-28)34(32,33)18-5-3-2-4-15(18)21(22,23)24/h2-7,12-13H,8-11H2,1H3,(H,25,30)(H2,26,27,31). The van der Waals surface area contributed by atoms with Gasteiger partial charge in [0.2, 0.25) is 15.9 Å². The second kappa shape index (κ2) is 8.89. The largest absolute Gasteiger partial charge is 0.417 e. The maximum Gasteiger partial charge on any atom is 0.417 e. The lowest BCUT2D eigenvalue weighted by molar-refractivity contribution is -0.140. The van der Waals surface area contributed by atoms with Crippen LogP contribution in [0.2, 0.25) is 0 Å². The van der Waals surface area contributed by atoms with Crippen molar-refractivity contribution in [3.05, 3.63) is 58.5 Å². The van der Waals surface area contributed by atoms with E-state index in [1.807, 2.05) is 0 Å². The molecule has 2 aromatic carbocycles. The van der Waals surface area contributed by atoms with Gasteiger partial charge in [0.1, 0.15) is 0 Å². The van der Waals surface area contributed by atoms with Gasteiger partial charge in [0.25, 0.3) is 0 Å². The molecule has 3 aromatic rings. The summed E-state index contributed by atoms with van der Waals surface area (Å²) < 4.78 is 66.8. The lowest BCUT2D eigenvalue weighted by atomic mass is 10.2. The van der Waals surface area contributed by atoms with E-state index in [0.717, 1.165) is 22.5 Å². The van der Waals surface area contributed by atoms with Crippen LogP contribution in [0, 0.1) is 0 Å². The van der Waals surface area contributed by atoms with Gasteiger partial charge in [-0.05, 0) is 37.3 Å². The number of aromatic amines is 2.